The molecular formula is C12H16N6O5P+. The molecule has 5 N–H and O–H groups in total. The first-order chi connectivity index (χ1) is 11.4. The number of ether oxygens (including phenoxy) is 2. The van der Waals surface area contributed by atoms with E-state index in [4.69, 9.17) is 25.5 Å². The Bertz CT molecular complexity index is 830. The lowest BCUT2D eigenvalue weighted by molar-refractivity contribution is -0.182. The SMILES string of the molecule is C[P+](=O)OC[C@@]12CO[C@@H]([C@H](n3cnc4c(N)nc(N)nc43)O1)[C@@H]2O. The standard InChI is InChI=1S/C12H16N6O5P/c1-24(20)22-3-12-2-21-6(7(12)19)10(23-12)18-4-15-5-8(13)16-11(14)17-9(5)18/h4,6-7,10,19H,2-3H2,1H3,(H4,13,14,16,17)/q+1/t6-,7+,10-,12-/m1/s1. The second kappa shape index (κ2) is 5.30. The van der Waals surface area contributed by atoms with E-state index in [9.17, 15) is 9.67 Å². The van der Waals surface area contributed by atoms with E-state index in [2.05, 4.69) is 15.0 Å². The van der Waals surface area contributed by atoms with Crippen LogP contribution in [-0.4, -0.2) is 62.3 Å². The maximum Gasteiger partial charge on any atom is 0.504 e. The van der Waals surface area contributed by atoms with Crippen LogP contribution in [0.15, 0.2) is 6.33 Å². The summed E-state index contributed by atoms with van der Waals surface area (Å²) in [6.07, 6.45) is -0.791. The average Bonchev–Trinajstić information content (AvgIpc) is 3.15. The van der Waals surface area contributed by atoms with Gasteiger partial charge in [0.1, 0.15) is 24.3 Å². The van der Waals surface area contributed by atoms with Crippen molar-refractivity contribution in [1.82, 2.24) is 19.5 Å². The number of imidazole rings is 1. The van der Waals surface area contributed by atoms with Crippen molar-refractivity contribution in [2.24, 2.45) is 0 Å². The second-order valence-corrected chi connectivity index (χ2v) is 6.94. The number of nitrogen functional groups attached to an aromatic ring is 2. The highest BCUT2D eigenvalue weighted by Gasteiger charge is 2.63. The van der Waals surface area contributed by atoms with Gasteiger partial charge in [-0.15, -0.1) is 4.52 Å². The number of aromatic nitrogens is 4. The third-order valence-electron chi connectivity index (χ3n) is 4.24. The molecule has 128 valence electrons. The fourth-order valence-corrected chi connectivity index (χ4v) is 3.48. The van der Waals surface area contributed by atoms with Gasteiger partial charge in [-0.2, -0.15) is 9.97 Å². The summed E-state index contributed by atoms with van der Waals surface area (Å²) in [5, 5.41) is 10.5. The van der Waals surface area contributed by atoms with Crippen molar-refractivity contribution in [3.05, 3.63) is 6.33 Å². The van der Waals surface area contributed by atoms with Crippen molar-refractivity contribution in [3.8, 4) is 0 Å². The van der Waals surface area contributed by atoms with Crippen molar-refractivity contribution in [1.29, 1.82) is 0 Å². The minimum absolute atomic E-state index is 0.00685. The molecule has 0 spiro atoms. The Kier molecular flexibility index (Phi) is 3.44. The summed E-state index contributed by atoms with van der Waals surface area (Å²) in [4.78, 5) is 12.2. The predicted octanol–water partition coefficient (Wildman–Crippen LogP) is -0.593. The molecule has 24 heavy (non-hydrogen) atoms. The molecule has 11 nitrogen and oxygen atoms in total. The maximum absolute atomic E-state index is 11.2. The van der Waals surface area contributed by atoms with Crippen molar-refractivity contribution in [3.63, 3.8) is 0 Å². The van der Waals surface area contributed by atoms with Gasteiger partial charge in [-0.25, -0.2) is 4.98 Å². The van der Waals surface area contributed by atoms with Gasteiger partial charge in [0.05, 0.1) is 12.9 Å². The van der Waals surface area contributed by atoms with Crippen LogP contribution in [0.3, 0.4) is 0 Å². The van der Waals surface area contributed by atoms with Crippen LogP contribution in [0.5, 0.6) is 0 Å². The number of aliphatic hydroxyl groups is 1. The molecule has 4 heterocycles. The Morgan fingerprint density at radius 2 is 2.33 bits per heavy atom. The monoisotopic (exact) mass is 355 g/mol. The Morgan fingerprint density at radius 3 is 3.08 bits per heavy atom. The van der Waals surface area contributed by atoms with E-state index < -0.39 is 32.1 Å². The van der Waals surface area contributed by atoms with Crippen LogP contribution in [-0.2, 0) is 18.6 Å². The van der Waals surface area contributed by atoms with Crippen LogP contribution in [0.4, 0.5) is 11.8 Å². The topological polar surface area (TPSA) is 161 Å². The zero-order chi connectivity index (χ0) is 17.1. The summed E-state index contributed by atoms with van der Waals surface area (Å²) < 4.78 is 29.6. The van der Waals surface area contributed by atoms with E-state index in [0.717, 1.165) is 0 Å². The fourth-order valence-electron chi connectivity index (χ4n) is 3.08. The van der Waals surface area contributed by atoms with Gasteiger partial charge in [0.25, 0.3) is 0 Å². The molecule has 12 heteroatoms. The van der Waals surface area contributed by atoms with Crippen LogP contribution in [0.25, 0.3) is 11.2 Å². The number of nitrogens with two attached hydrogens (primary N) is 2. The van der Waals surface area contributed by atoms with E-state index in [1.54, 1.807) is 4.57 Å². The number of nitrogens with zero attached hydrogens (tertiary/aromatic N) is 4. The summed E-state index contributed by atoms with van der Waals surface area (Å²) in [6.45, 7) is 1.53. The average molecular weight is 355 g/mol. The molecule has 2 aromatic heterocycles. The minimum atomic E-state index is -1.82. The smallest absolute Gasteiger partial charge is 0.387 e. The van der Waals surface area contributed by atoms with Gasteiger partial charge in [-0.1, -0.05) is 0 Å². The first kappa shape index (κ1) is 15.6. The van der Waals surface area contributed by atoms with Gasteiger partial charge in [0.15, 0.2) is 30.0 Å². The number of rotatable bonds is 4. The normalized spacial score (nSPS) is 32.6. The van der Waals surface area contributed by atoms with E-state index in [-0.39, 0.29) is 25.0 Å². The zero-order valence-electron chi connectivity index (χ0n) is 12.7. The van der Waals surface area contributed by atoms with E-state index in [1.807, 2.05) is 0 Å². The second-order valence-electron chi connectivity index (χ2n) is 5.80. The highest BCUT2D eigenvalue weighted by molar-refractivity contribution is 7.38. The van der Waals surface area contributed by atoms with Gasteiger partial charge in [0, 0.05) is 0 Å². The first-order valence-electron chi connectivity index (χ1n) is 7.18. The van der Waals surface area contributed by atoms with Crippen LogP contribution in [0.1, 0.15) is 6.23 Å². The van der Waals surface area contributed by atoms with Crippen LogP contribution >= 0.6 is 8.03 Å². The molecule has 5 atom stereocenters. The summed E-state index contributed by atoms with van der Waals surface area (Å²) in [7, 11) is -1.82. The Morgan fingerprint density at radius 1 is 1.54 bits per heavy atom. The molecule has 2 aromatic rings. The molecule has 2 fully saturated rings. The summed E-state index contributed by atoms with van der Waals surface area (Å²) >= 11 is 0. The fraction of sp³-hybridized carbons (Fsp3) is 0.583. The zero-order valence-corrected chi connectivity index (χ0v) is 13.6. The number of fused-ring (bicyclic) bond motifs is 3. The largest absolute Gasteiger partial charge is 0.504 e. The lowest BCUT2D eigenvalue weighted by Crippen LogP contribution is -2.44. The highest BCUT2D eigenvalue weighted by atomic mass is 31.1. The third kappa shape index (κ3) is 2.17. The number of hydrogen-bond donors (Lipinski definition) is 3. The van der Waals surface area contributed by atoms with Crippen molar-refractivity contribution in [2.45, 2.75) is 24.0 Å². The maximum atomic E-state index is 11.2. The van der Waals surface area contributed by atoms with Gasteiger partial charge in [0.2, 0.25) is 5.95 Å². The molecule has 0 amide bonds. The molecule has 2 saturated heterocycles. The molecule has 2 aliphatic rings. The van der Waals surface area contributed by atoms with Crippen molar-refractivity contribution >= 4 is 31.0 Å². The molecule has 4 rings (SSSR count). The number of anilines is 2. The quantitative estimate of drug-likeness (QED) is 0.604. The molecule has 2 bridgehead atoms. The van der Waals surface area contributed by atoms with E-state index in [0.29, 0.717) is 11.2 Å². The molecule has 2 aliphatic heterocycles. The van der Waals surface area contributed by atoms with Gasteiger partial charge < -0.3 is 26.0 Å². The predicted molar refractivity (Wildman–Crippen MR) is 82.2 cm³/mol. The van der Waals surface area contributed by atoms with Gasteiger partial charge in [-0.3, -0.25) is 4.57 Å². The highest BCUT2D eigenvalue weighted by Crippen LogP contribution is 2.46. The lowest BCUT2D eigenvalue weighted by Gasteiger charge is -2.29. The lowest BCUT2D eigenvalue weighted by atomic mass is 10.0. The molecular weight excluding hydrogens is 339 g/mol. The van der Waals surface area contributed by atoms with Crippen LogP contribution < -0.4 is 11.5 Å². The first-order valence-corrected chi connectivity index (χ1v) is 8.80. The third-order valence-corrected chi connectivity index (χ3v) is 4.73. The summed E-state index contributed by atoms with van der Waals surface area (Å²) in [6, 6.07) is 0. The van der Waals surface area contributed by atoms with Crippen molar-refractivity contribution < 1.29 is 23.7 Å². The van der Waals surface area contributed by atoms with Crippen molar-refractivity contribution in [2.75, 3.05) is 31.3 Å². The van der Waals surface area contributed by atoms with Crippen LogP contribution in [0, 0.1) is 0 Å². The van der Waals surface area contributed by atoms with Crippen LogP contribution in [0.2, 0.25) is 0 Å². The summed E-state index contributed by atoms with van der Waals surface area (Å²) in [5.41, 5.74) is 11.1. The molecule has 0 aromatic carbocycles. The van der Waals surface area contributed by atoms with Gasteiger partial charge in [-0.05, 0) is 4.57 Å². The summed E-state index contributed by atoms with van der Waals surface area (Å²) in [5.74, 6) is 0.161. The number of aliphatic hydroxyl groups excluding tert-OH is 1. The minimum Gasteiger partial charge on any atom is -0.387 e. The molecule has 0 saturated carbocycles. The molecule has 0 aliphatic carbocycles. The number of hydrogen-bond acceptors (Lipinski definition) is 10. The van der Waals surface area contributed by atoms with E-state index >= 15 is 0 Å². The Labute approximate surface area is 136 Å². The molecule has 1 unspecified atom stereocenters. The Balaban J connectivity index is 1.70. The van der Waals surface area contributed by atoms with Gasteiger partial charge >= 0.3 is 8.03 Å². The molecule has 0 radical (unpaired) electrons. The Hall–Kier alpha value is -1.91. The van der Waals surface area contributed by atoms with E-state index in [1.165, 1.54) is 13.0 Å².